The van der Waals surface area contributed by atoms with Crippen LogP contribution in [0, 0.1) is 5.92 Å². The van der Waals surface area contributed by atoms with Gasteiger partial charge in [0.05, 0.1) is 5.92 Å². The molecule has 102 valence electrons. The Bertz CT molecular complexity index is 368. The number of unbranched alkanes of at least 4 members (excludes halogenated alkanes) is 1. The number of rotatable bonds is 5. The number of ether oxygens (including phenoxy) is 1. The molecule has 0 aliphatic carbocycles. The van der Waals surface area contributed by atoms with E-state index in [0.29, 0.717) is 0 Å². The van der Waals surface area contributed by atoms with E-state index in [2.05, 4.69) is 12.2 Å². The summed E-state index contributed by atoms with van der Waals surface area (Å²) in [5.41, 5.74) is 5.77. The lowest BCUT2D eigenvalue weighted by molar-refractivity contribution is -0.147. The second kappa shape index (κ2) is 6.18. The van der Waals surface area contributed by atoms with Gasteiger partial charge in [0.2, 0.25) is 0 Å². The molecule has 2 atom stereocenters. The third-order valence-electron chi connectivity index (χ3n) is 3.47. The highest BCUT2D eigenvalue weighted by Gasteiger charge is 2.43. The van der Waals surface area contributed by atoms with Crippen molar-refractivity contribution in [2.24, 2.45) is 11.7 Å². The van der Waals surface area contributed by atoms with E-state index in [4.69, 9.17) is 22.7 Å². The minimum atomic E-state index is -0.534. The Labute approximate surface area is 114 Å². The van der Waals surface area contributed by atoms with Gasteiger partial charge in [-0.3, -0.25) is 4.79 Å². The molecule has 4 nitrogen and oxygen atoms in total. The fourth-order valence-electron chi connectivity index (χ4n) is 2.14. The molecule has 1 aliphatic rings. The number of nitrogens with one attached hydrogen (secondary N) is 1. The maximum atomic E-state index is 11.8. The predicted molar refractivity (Wildman–Crippen MR) is 75.8 cm³/mol. The van der Waals surface area contributed by atoms with E-state index in [0.717, 1.165) is 31.3 Å². The number of esters is 1. The Balaban J connectivity index is 2.68. The van der Waals surface area contributed by atoms with Gasteiger partial charge in [-0.2, -0.15) is 0 Å². The van der Waals surface area contributed by atoms with Crippen molar-refractivity contribution in [2.75, 3.05) is 0 Å². The number of hydrogen-bond acceptors (Lipinski definition) is 3. The highest BCUT2D eigenvalue weighted by atomic mass is 32.1. The van der Waals surface area contributed by atoms with Crippen LogP contribution in [0.2, 0.25) is 0 Å². The standard InChI is InChI=1S/C13H22N2O2S/c1-4-5-6-10-7-13(3,17-11(10)16)9(2)8-15-12(14)18/h8,10H,4-7H2,1-3H3,(H3,14,15,18)/b9-8-/t10-,13+/m1/s1. The number of thiocarbonyl (C=S) groups is 1. The summed E-state index contributed by atoms with van der Waals surface area (Å²) in [5, 5.41) is 2.99. The van der Waals surface area contributed by atoms with Crippen LogP contribution >= 0.6 is 12.2 Å². The Hall–Kier alpha value is -1.10. The molecule has 3 N–H and O–H groups in total. The van der Waals surface area contributed by atoms with E-state index < -0.39 is 5.60 Å². The van der Waals surface area contributed by atoms with Crippen LogP contribution in [0.25, 0.3) is 0 Å². The van der Waals surface area contributed by atoms with Gasteiger partial charge in [0, 0.05) is 12.6 Å². The van der Waals surface area contributed by atoms with Crippen molar-refractivity contribution in [1.29, 1.82) is 0 Å². The zero-order valence-electron chi connectivity index (χ0n) is 11.3. The van der Waals surface area contributed by atoms with Crippen molar-refractivity contribution in [3.05, 3.63) is 11.8 Å². The molecule has 18 heavy (non-hydrogen) atoms. The summed E-state index contributed by atoms with van der Waals surface area (Å²) in [6.07, 6.45) is 5.51. The van der Waals surface area contributed by atoms with E-state index in [1.807, 2.05) is 13.8 Å². The summed E-state index contributed by atoms with van der Waals surface area (Å²) in [5.74, 6) is -0.0721. The van der Waals surface area contributed by atoms with Gasteiger partial charge in [0.25, 0.3) is 0 Å². The first-order valence-electron chi connectivity index (χ1n) is 6.35. The van der Waals surface area contributed by atoms with Crippen molar-refractivity contribution >= 4 is 23.3 Å². The molecule has 0 aromatic rings. The van der Waals surface area contributed by atoms with Crippen molar-refractivity contribution in [1.82, 2.24) is 5.32 Å². The number of cyclic esters (lactones) is 1. The minimum Gasteiger partial charge on any atom is -0.455 e. The highest BCUT2D eigenvalue weighted by Crippen LogP contribution is 2.38. The summed E-state index contributed by atoms with van der Waals surface area (Å²) in [7, 11) is 0. The van der Waals surface area contributed by atoms with Gasteiger partial charge in [-0.15, -0.1) is 0 Å². The maximum Gasteiger partial charge on any atom is 0.309 e. The van der Waals surface area contributed by atoms with E-state index in [-0.39, 0.29) is 17.0 Å². The Morgan fingerprint density at radius 2 is 2.39 bits per heavy atom. The fraction of sp³-hybridized carbons (Fsp3) is 0.692. The molecular formula is C13H22N2O2S. The zero-order valence-corrected chi connectivity index (χ0v) is 12.1. The van der Waals surface area contributed by atoms with Gasteiger partial charge in [-0.05, 0) is 38.1 Å². The minimum absolute atomic E-state index is 0.0168. The second-order valence-electron chi connectivity index (χ2n) is 5.03. The van der Waals surface area contributed by atoms with Gasteiger partial charge in [-0.1, -0.05) is 19.8 Å². The molecule has 0 aromatic heterocycles. The monoisotopic (exact) mass is 270 g/mol. The Morgan fingerprint density at radius 3 is 2.94 bits per heavy atom. The van der Waals surface area contributed by atoms with E-state index in [1.165, 1.54) is 0 Å². The highest BCUT2D eigenvalue weighted by molar-refractivity contribution is 7.80. The second-order valence-corrected chi connectivity index (χ2v) is 5.47. The molecule has 0 saturated carbocycles. The van der Waals surface area contributed by atoms with Crippen LogP contribution in [0.1, 0.15) is 46.5 Å². The first-order chi connectivity index (χ1) is 8.39. The number of carbonyl (C=O) groups excluding carboxylic acids is 1. The van der Waals surface area contributed by atoms with Crippen molar-refractivity contribution in [3.63, 3.8) is 0 Å². The summed E-state index contributed by atoms with van der Waals surface area (Å²) in [4.78, 5) is 11.8. The lowest BCUT2D eigenvalue weighted by Gasteiger charge is -2.23. The van der Waals surface area contributed by atoms with Crippen LogP contribution in [-0.4, -0.2) is 16.7 Å². The van der Waals surface area contributed by atoms with Gasteiger partial charge in [0.1, 0.15) is 5.60 Å². The van der Waals surface area contributed by atoms with E-state index >= 15 is 0 Å². The Kier molecular flexibility index (Phi) is 5.14. The van der Waals surface area contributed by atoms with E-state index in [9.17, 15) is 4.79 Å². The predicted octanol–water partition coefficient (Wildman–Crippen LogP) is 2.24. The normalized spacial score (nSPS) is 28.1. The lowest BCUT2D eigenvalue weighted by atomic mass is 9.87. The number of hydrogen-bond donors (Lipinski definition) is 2. The molecule has 1 heterocycles. The smallest absolute Gasteiger partial charge is 0.309 e. The fourth-order valence-corrected chi connectivity index (χ4v) is 2.20. The molecule has 1 rings (SSSR count). The first kappa shape index (κ1) is 15.0. The molecular weight excluding hydrogens is 248 g/mol. The van der Waals surface area contributed by atoms with Gasteiger partial charge >= 0.3 is 5.97 Å². The van der Waals surface area contributed by atoms with Crippen LogP contribution < -0.4 is 11.1 Å². The summed E-state index contributed by atoms with van der Waals surface area (Å²) in [6.45, 7) is 5.97. The summed E-state index contributed by atoms with van der Waals surface area (Å²) >= 11 is 4.74. The SMILES string of the molecule is CCCC[C@@H]1C[C@@](C)(/C(C)=C\NC(N)=S)OC1=O. The lowest BCUT2D eigenvalue weighted by Crippen LogP contribution is -2.30. The quantitative estimate of drug-likeness (QED) is 0.592. The van der Waals surface area contributed by atoms with Crippen LogP contribution in [0.5, 0.6) is 0 Å². The molecule has 0 radical (unpaired) electrons. The molecule has 5 heteroatoms. The summed E-state index contributed by atoms with van der Waals surface area (Å²) in [6, 6.07) is 0. The van der Waals surface area contributed by atoms with Crippen LogP contribution in [-0.2, 0) is 9.53 Å². The largest absolute Gasteiger partial charge is 0.455 e. The first-order valence-corrected chi connectivity index (χ1v) is 6.76. The Morgan fingerprint density at radius 1 is 1.72 bits per heavy atom. The third kappa shape index (κ3) is 3.70. The zero-order chi connectivity index (χ0) is 13.8. The van der Waals surface area contributed by atoms with Gasteiger partial charge in [0.15, 0.2) is 5.11 Å². The molecule has 0 spiro atoms. The van der Waals surface area contributed by atoms with Crippen LogP contribution in [0.3, 0.4) is 0 Å². The average molecular weight is 270 g/mol. The van der Waals surface area contributed by atoms with Crippen molar-refractivity contribution in [3.8, 4) is 0 Å². The molecule has 1 aliphatic heterocycles. The molecule has 1 saturated heterocycles. The number of nitrogens with two attached hydrogens (primary N) is 1. The third-order valence-corrected chi connectivity index (χ3v) is 3.58. The topological polar surface area (TPSA) is 64.3 Å². The van der Waals surface area contributed by atoms with Crippen molar-refractivity contribution in [2.45, 2.75) is 52.1 Å². The van der Waals surface area contributed by atoms with Gasteiger partial charge in [-0.25, -0.2) is 0 Å². The number of carbonyl (C=O) groups is 1. The molecule has 1 fully saturated rings. The van der Waals surface area contributed by atoms with Gasteiger partial charge < -0.3 is 15.8 Å². The van der Waals surface area contributed by atoms with Crippen molar-refractivity contribution < 1.29 is 9.53 Å². The molecule has 0 aromatic carbocycles. The van der Waals surface area contributed by atoms with Crippen LogP contribution in [0.4, 0.5) is 0 Å². The molecule has 0 bridgehead atoms. The molecule has 0 unspecified atom stereocenters. The summed E-state index contributed by atoms with van der Waals surface area (Å²) < 4.78 is 5.52. The van der Waals surface area contributed by atoms with E-state index in [1.54, 1.807) is 6.20 Å². The molecule has 0 amide bonds. The van der Waals surface area contributed by atoms with Crippen LogP contribution in [0.15, 0.2) is 11.8 Å². The maximum absolute atomic E-state index is 11.8. The average Bonchev–Trinajstić information content (AvgIpc) is 2.59.